The lowest BCUT2D eigenvalue weighted by Gasteiger charge is -2.21. The maximum atomic E-state index is 11.9. The molecule has 4 amide bonds. The van der Waals surface area contributed by atoms with Crippen LogP contribution in [-0.2, 0) is 19.9 Å². The average Bonchev–Trinajstić information content (AvgIpc) is 3.26. The average molecular weight is 317 g/mol. The lowest BCUT2D eigenvalue weighted by molar-refractivity contribution is -0.123. The molecule has 0 spiro atoms. The van der Waals surface area contributed by atoms with Gasteiger partial charge in [-0.1, -0.05) is 12.1 Å². The van der Waals surface area contributed by atoms with Crippen molar-refractivity contribution < 1.29 is 19.1 Å². The Balaban J connectivity index is 1.63. The maximum absolute atomic E-state index is 11.9. The van der Waals surface area contributed by atoms with Gasteiger partial charge in [-0.25, -0.2) is 4.79 Å². The lowest BCUT2D eigenvalue weighted by Crippen LogP contribution is -2.40. The van der Waals surface area contributed by atoms with Crippen LogP contribution in [0.25, 0.3) is 0 Å². The fourth-order valence-corrected chi connectivity index (χ4v) is 2.45. The van der Waals surface area contributed by atoms with Gasteiger partial charge in [0.15, 0.2) is 0 Å². The number of carbonyl (C=O) groups excluding carboxylic acids is 3. The van der Waals surface area contributed by atoms with Gasteiger partial charge in [0, 0.05) is 5.69 Å². The van der Waals surface area contributed by atoms with Crippen molar-refractivity contribution in [3.8, 4) is 0 Å². The van der Waals surface area contributed by atoms with Crippen LogP contribution < -0.4 is 16.0 Å². The molecule has 122 valence electrons. The van der Waals surface area contributed by atoms with Crippen LogP contribution in [0.5, 0.6) is 0 Å². The van der Waals surface area contributed by atoms with Gasteiger partial charge in [0.25, 0.3) is 5.91 Å². The van der Waals surface area contributed by atoms with Crippen molar-refractivity contribution in [1.82, 2.24) is 10.6 Å². The minimum atomic E-state index is -1.14. The molecule has 1 aromatic rings. The number of nitrogens with one attached hydrogen (secondary N) is 3. The standard InChI is InChI=1S/C16H19N3O4/c1-16(14(21)18-15(22)19-16)11-3-2-4-12(7-11)17-13(20)9-23-8-10-5-6-10/h2-4,7,10H,5-6,8-9H2,1H3,(H,17,20)(H2,18,19,21,22)/t16-/m0/s1. The molecule has 3 N–H and O–H groups in total. The number of urea groups is 1. The number of benzene rings is 1. The highest BCUT2D eigenvalue weighted by Crippen LogP contribution is 2.29. The molecule has 1 aliphatic heterocycles. The molecule has 0 bridgehead atoms. The third-order valence-electron chi connectivity index (χ3n) is 4.05. The van der Waals surface area contributed by atoms with Gasteiger partial charge in [-0.15, -0.1) is 0 Å². The fraction of sp³-hybridized carbons (Fsp3) is 0.438. The molecule has 2 aliphatic rings. The second kappa shape index (κ2) is 6.00. The van der Waals surface area contributed by atoms with Crippen molar-refractivity contribution in [2.24, 2.45) is 5.92 Å². The lowest BCUT2D eigenvalue weighted by atomic mass is 9.92. The van der Waals surface area contributed by atoms with E-state index in [-0.39, 0.29) is 12.5 Å². The van der Waals surface area contributed by atoms with Gasteiger partial charge in [0.1, 0.15) is 12.1 Å². The summed E-state index contributed by atoms with van der Waals surface area (Å²) in [6.45, 7) is 2.25. The Morgan fingerprint density at radius 2 is 2.17 bits per heavy atom. The van der Waals surface area contributed by atoms with E-state index < -0.39 is 17.5 Å². The largest absolute Gasteiger partial charge is 0.371 e. The number of imide groups is 1. The Hall–Kier alpha value is -2.41. The highest BCUT2D eigenvalue weighted by molar-refractivity contribution is 6.07. The topological polar surface area (TPSA) is 96.5 Å². The van der Waals surface area contributed by atoms with Gasteiger partial charge in [0.05, 0.1) is 6.61 Å². The Bertz CT molecular complexity index is 656. The van der Waals surface area contributed by atoms with Crippen molar-refractivity contribution in [2.45, 2.75) is 25.3 Å². The summed E-state index contributed by atoms with van der Waals surface area (Å²) in [5.41, 5.74) is 0.00978. The molecule has 1 atom stereocenters. The molecule has 1 saturated carbocycles. The molecule has 23 heavy (non-hydrogen) atoms. The third kappa shape index (κ3) is 3.50. The minimum Gasteiger partial charge on any atom is -0.371 e. The number of hydrogen-bond acceptors (Lipinski definition) is 4. The normalized spacial score (nSPS) is 23.3. The van der Waals surface area contributed by atoms with E-state index in [0.29, 0.717) is 23.8 Å². The second-order valence-corrected chi connectivity index (χ2v) is 6.12. The van der Waals surface area contributed by atoms with Crippen molar-refractivity contribution in [3.63, 3.8) is 0 Å². The maximum Gasteiger partial charge on any atom is 0.322 e. The van der Waals surface area contributed by atoms with Crippen LogP contribution >= 0.6 is 0 Å². The first-order chi connectivity index (χ1) is 11.0. The van der Waals surface area contributed by atoms with E-state index >= 15 is 0 Å². The molecular formula is C16H19N3O4. The first-order valence-electron chi connectivity index (χ1n) is 7.59. The molecule has 0 aromatic heterocycles. The SMILES string of the molecule is C[C@@]1(c2cccc(NC(=O)COCC3CC3)c2)NC(=O)NC1=O. The Labute approximate surface area is 133 Å². The summed E-state index contributed by atoms with van der Waals surface area (Å²) in [4.78, 5) is 35.2. The highest BCUT2D eigenvalue weighted by Gasteiger charge is 2.43. The monoisotopic (exact) mass is 317 g/mol. The zero-order chi connectivity index (χ0) is 16.4. The smallest absolute Gasteiger partial charge is 0.322 e. The molecule has 1 heterocycles. The van der Waals surface area contributed by atoms with E-state index in [2.05, 4.69) is 16.0 Å². The molecule has 1 aromatic carbocycles. The van der Waals surface area contributed by atoms with Gasteiger partial charge < -0.3 is 15.4 Å². The molecule has 1 saturated heterocycles. The summed E-state index contributed by atoms with van der Waals surface area (Å²) in [5.74, 6) is -0.0535. The van der Waals surface area contributed by atoms with Crippen LogP contribution in [0.1, 0.15) is 25.3 Å². The second-order valence-electron chi connectivity index (χ2n) is 6.12. The first-order valence-corrected chi connectivity index (χ1v) is 7.59. The van der Waals surface area contributed by atoms with Gasteiger partial charge >= 0.3 is 6.03 Å². The zero-order valence-corrected chi connectivity index (χ0v) is 12.8. The molecule has 1 aliphatic carbocycles. The number of amides is 4. The zero-order valence-electron chi connectivity index (χ0n) is 12.8. The van der Waals surface area contributed by atoms with Crippen LogP contribution in [0.2, 0.25) is 0 Å². The van der Waals surface area contributed by atoms with Gasteiger partial charge in [-0.3, -0.25) is 14.9 Å². The quantitative estimate of drug-likeness (QED) is 0.685. The van der Waals surface area contributed by atoms with E-state index in [1.54, 1.807) is 31.2 Å². The van der Waals surface area contributed by atoms with Crippen LogP contribution in [0, 0.1) is 5.92 Å². The number of hydrogen-bond donors (Lipinski definition) is 3. The molecule has 7 nitrogen and oxygen atoms in total. The highest BCUT2D eigenvalue weighted by atomic mass is 16.5. The number of anilines is 1. The van der Waals surface area contributed by atoms with Gasteiger partial charge in [-0.2, -0.15) is 0 Å². The van der Waals surface area contributed by atoms with Crippen molar-refractivity contribution in [2.75, 3.05) is 18.5 Å². The fourth-order valence-electron chi connectivity index (χ4n) is 2.45. The van der Waals surface area contributed by atoms with Gasteiger partial charge in [0.2, 0.25) is 5.91 Å². The molecule has 3 rings (SSSR count). The molecule has 0 unspecified atom stereocenters. The summed E-state index contributed by atoms with van der Waals surface area (Å²) in [7, 11) is 0. The summed E-state index contributed by atoms with van der Waals surface area (Å²) in [5, 5.41) is 7.54. The number of ether oxygens (including phenoxy) is 1. The van der Waals surface area contributed by atoms with Crippen molar-refractivity contribution in [3.05, 3.63) is 29.8 Å². The molecule has 2 fully saturated rings. The number of carbonyl (C=O) groups is 3. The van der Waals surface area contributed by atoms with E-state index in [9.17, 15) is 14.4 Å². The Kier molecular flexibility index (Phi) is 4.04. The molecule has 0 radical (unpaired) electrons. The van der Waals surface area contributed by atoms with Crippen LogP contribution in [0.15, 0.2) is 24.3 Å². The Morgan fingerprint density at radius 3 is 2.83 bits per heavy atom. The van der Waals surface area contributed by atoms with E-state index in [0.717, 1.165) is 0 Å². The third-order valence-corrected chi connectivity index (χ3v) is 4.05. The van der Waals surface area contributed by atoms with E-state index in [1.165, 1.54) is 12.8 Å². The predicted octanol–water partition coefficient (Wildman–Crippen LogP) is 1.11. The summed E-state index contributed by atoms with van der Waals surface area (Å²) < 4.78 is 5.34. The Morgan fingerprint density at radius 1 is 1.39 bits per heavy atom. The summed E-state index contributed by atoms with van der Waals surface area (Å²) >= 11 is 0. The first kappa shape index (κ1) is 15.5. The van der Waals surface area contributed by atoms with Crippen LogP contribution in [-0.4, -0.2) is 31.1 Å². The summed E-state index contributed by atoms with van der Waals surface area (Å²) in [6.07, 6.45) is 2.35. The van der Waals surface area contributed by atoms with Crippen LogP contribution in [0.3, 0.4) is 0 Å². The van der Waals surface area contributed by atoms with Gasteiger partial charge in [-0.05, 0) is 43.4 Å². The predicted molar refractivity (Wildman–Crippen MR) is 82.6 cm³/mol. The van der Waals surface area contributed by atoms with E-state index in [4.69, 9.17) is 4.74 Å². The summed E-state index contributed by atoms with van der Waals surface area (Å²) in [6, 6.07) is 6.31. The van der Waals surface area contributed by atoms with Crippen molar-refractivity contribution in [1.29, 1.82) is 0 Å². The minimum absolute atomic E-state index is 0.00914. The molecule has 7 heteroatoms. The van der Waals surface area contributed by atoms with Crippen LogP contribution in [0.4, 0.5) is 10.5 Å². The number of rotatable bonds is 6. The van der Waals surface area contributed by atoms with E-state index in [1.807, 2.05) is 0 Å². The van der Waals surface area contributed by atoms with Crippen molar-refractivity contribution >= 4 is 23.5 Å². The molecular weight excluding hydrogens is 298 g/mol.